The average Bonchev–Trinajstić information content (AvgIpc) is 2.84. The van der Waals surface area contributed by atoms with Crippen molar-refractivity contribution in [1.82, 2.24) is 0 Å². The van der Waals surface area contributed by atoms with Crippen LogP contribution in [0.1, 0.15) is 50.8 Å². The summed E-state index contributed by atoms with van der Waals surface area (Å²) >= 11 is 0. The van der Waals surface area contributed by atoms with Gasteiger partial charge in [0, 0.05) is 12.0 Å². The molecule has 0 unspecified atom stereocenters. The predicted octanol–water partition coefficient (Wildman–Crippen LogP) is 4.98. The summed E-state index contributed by atoms with van der Waals surface area (Å²) in [6, 6.07) is 15.3. The molecule has 1 aliphatic heterocycles. The van der Waals surface area contributed by atoms with Gasteiger partial charge in [0.05, 0.1) is 11.1 Å². The lowest BCUT2D eigenvalue weighted by Crippen LogP contribution is -2.44. The molecule has 0 bridgehead atoms. The topological polar surface area (TPSA) is 46.6 Å². The van der Waals surface area contributed by atoms with Crippen molar-refractivity contribution < 1.29 is 14.3 Å². The fraction of sp³-hybridized carbons (Fsp3) is 0.333. The van der Waals surface area contributed by atoms with E-state index in [-0.39, 0.29) is 5.91 Å². The van der Waals surface area contributed by atoms with Crippen LogP contribution in [0.2, 0.25) is 0 Å². The normalized spacial score (nSPS) is 18.3. The van der Waals surface area contributed by atoms with Crippen LogP contribution in [0.3, 0.4) is 0 Å². The largest absolute Gasteiger partial charge is 0.443 e. The van der Waals surface area contributed by atoms with Crippen molar-refractivity contribution in [1.29, 1.82) is 0 Å². The number of aryl methyl sites for hydroxylation is 1. The van der Waals surface area contributed by atoms with Gasteiger partial charge in [-0.2, -0.15) is 0 Å². The van der Waals surface area contributed by atoms with Crippen LogP contribution < -0.4 is 4.90 Å². The molecular weight excluding hydrogens is 350 g/mol. The zero-order chi connectivity index (χ0) is 20.5. The minimum absolute atomic E-state index is 0.304. The number of imide groups is 1. The van der Waals surface area contributed by atoms with Gasteiger partial charge in [-0.1, -0.05) is 47.7 Å². The van der Waals surface area contributed by atoms with Crippen molar-refractivity contribution in [2.24, 2.45) is 0 Å². The lowest BCUT2D eigenvalue weighted by molar-refractivity contribution is -0.122. The molecule has 0 aliphatic carbocycles. The van der Waals surface area contributed by atoms with Crippen molar-refractivity contribution in [3.05, 3.63) is 65.2 Å². The van der Waals surface area contributed by atoms with Crippen molar-refractivity contribution >= 4 is 17.7 Å². The summed E-state index contributed by atoms with van der Waals surface area (Å²) in [5.41, 5.74) is 1.86. The predicted molar refractivity (Wildman–Crippen MR) is 110 cm³/mol. The number of carbonyl (C=O) groups is 2. The van der Waals surface area contributed by atoms with E-state index in [4.69, 9.17) is 4.74 Å². The highest BCUT2D eigenvalue weighted by Crippen LogP contribution is 2.44. The van der Waals surface area contributed by atoms with E-state index < -0.39 is 17.1 Å². The second kappa shape index (κ2) is 7.16. The van der Waals surface area contributed by atoms with Crippen molar-refractivity contribution in [3.8, 4) is 11.8 Å². The molecular formula is C24H25NO3. The highest BCUT2D eigenvalue weighted by Gasteiger charge is 2.50. The first-order valence-corrected chi connectivity index (χ1v) is 9.34. The fourth-order valence-corrected chi connectivity index (χ4v) is 3.23. The third-order valence-corrected chi connectivity index (χ3v) is 4.72. The summed E-state index contributed by atoms with van der Waals surface area (Å²) < 4.78 is 5.46. The number of hydrogen-bond donors (Lipinski definition) is 0. The Morgan fingerprint density at radius 3 is 2.39 bits per heavy atom. The average molecular weight is 375 g/mol. The highest BCUT2D eigenvalue weighted by molar-refractivity contribution is 6.21. The van der Waals surface area contributed by atoms with Crippen LogP contribution in [-0.2, 0) is 14.9 Å². The first kappa shape index (κ1) is 19.7. The number of nitrogens with zero attached hydrogens (tertiary/aromatic N) is 1. The van der Waals surface area contributed by atoms with E-state index in [9.17, 15) is 9.59 Å². The van der Waals surface area contributed by atoms with Crippen molar-refractivity contribution in [3.63, 3.8) is 0 Å². The Hall–Kier alpha value is -3.06. The highest BCUT2D eigenvalue weighted by atomic mass is 16.6. The summed E-state index contributed by atoms with van der Waals surface area (Å²) in [5.74, 6) is 5.95. The summed E-state index contributed by atoms with van der Waals surface area (Å²) in [6.07, 6.45) is -0.337. The molecule has 2 aromatic rings. The second-order valence-corrected chi connectivity index (χ2v) is 8.31. The lowest BCUT2D eigenvalue weighted by Gasteiger charge is -2.25. The minimum Gasteiger partial charge on any atom is -0.443 e. The molecule has 1 atom stereocenters. The Kier molecular flexibility index (Phi) is 5.04. The van der Waals surface area contributed by atoms with E-state index in [1.54, 1.807) is 26.8 Å². The van der Waals surface area contributed by atoms with E-state index in [1.165, 1.54) is 5.56 Å². The van der Waals surface area contributed by atoms with E-state index in [0.29, 0.717) is 12.1 Å². The monoisotopic (exact) mass is 375 g/mol. The number of anilines is 1. The number of para-hydroxylation sites is 1. The van der Waals surface area contributed by atoms with Gasteiger partial charge in [-0.3, -0.25) is 4.79 Å². The zero-order valence-electron chi connectivity index (χ0n) is 17.0. The molecule has 4 heteroatoms. The van der Waals surface area contributed by atoms with Crippen LogP contribution in [0.5, 0.6) is 0 Å². The van der Waals surface area contributed by atoms with Gasteiger partial charge in [0.15, 0.2) is 0 Å². The van der Waals surface area contributed by atoms with Crippen molar-refractivity contribution in [2.45, 2.75) is 52.1 Å². The maximum Gasteiger partial charge on any atom is 0.421 e. The van der Waals surface area contributed by atoms with Gasteiger partial charge in [0.1, 0.15) is 5.60 Å². The minimum atomic E-state index is -0.898. The Bertz CT molecular complexity index is 973. The third kappa shape index (κ3) is 3.80. The molecule has 3 rings (SSSR count). The van der Waals surface area contributed by atoms with Crippen molar-refractivity contribution in [2.75, 3.05) is 4.90 Å². The molecule has 0 saturated heterocycles. The molecule has 4 nitrogen and oxygen atoms in total. The number of ether oxygens (including phenoxy) is 1. The van der Waals surface area contributed by atoms with E-state index in [2.05, 4.69) is 11.8 Å². The van der Waals surface area contributed by atoms with E-state index in [0.717, 1.165) is 16.0 Å². The number of benzene rings is 2. The Balaban J connectivity index is 1.92. The number of carbonyl (C=O) groups excluding carboxylic acids is 2. The van der Waals surface area contributed by atoms with Gasteiger partial charge in [0.2, 0.25) is 5.91 Å². The van der Waals surface area contributed by atoms with Gasteiger partial charge in [-0.25, -0.2) is 9.69 Å². The number of amides is 2. The van der Waals surface area contributed by atoms with Gasteiger partial charge in [-0.15, -0.1) is 0 Å². The third-order valence-electron chi connectivity index (χ3n) is 4.72. The van der Waals surface area contributed by atoms with Crippen LogP contribution in [0, 0.1) is 18.8 Å². The molecule has 0 spiro atoms. The smallest absolute Gasteiger partial charge is 0.421 e. The van der Waals surface area contributed by atoms with Crippen LogP contribution >= 0.6 is 0 Å². The Morgan fingerprint density at radius 2 is 1.75 bits per heavy atom. The van der Waals surface area contributed by atoms with Gasteiger partial charge < -0.3 is 4.74 Å². The molecule has 0 N–H and O–H groups in total. The standard InChI is InChI=1S/C24H25NO3/c1-17-12-14-18(15-13-17)9-8-16-24(5)19-10-6-7-11-20(19)25(21(24)26)22(27)28-23(2,3)4/h6-7,10-15H,16H2,1-5H3/t24-/m0/s1. The van der Waals surface area contributed by atoms with Crippen LogP contribution in [0.25, 0.3) is 0 Å². The number of hydrogen-bond acceptors (Lipinski definition) is 3. The number of fused-ring (bicyclic) bond motifs is 1. The molecule has 1 heterocycles. The van der Waals surface area contributed by atoms with E-state index >= 15 is 0 Å². The van der Waals surface area contributed by atoms with Gasteiger partial charge in [-0.05, 0) is 58.4 Å². The SMILES string of the molecule is Cc1ccc(C#CC[C@]2(C)C(=O)N(C(=O)OC(C)(C)C)c3ccccc32)cc1. The number of rotatable bonds is 1. The fourth-order valence-electron chi connectivity index (χ4n) is 3.23. The summed E-state index contributed by atoms with van der Waals surface area (Å²) in [6.45, 7) is 9.21. The summed E-state index contributed by atoms with van der Waals surface area (Å²) in [5, 5.41) is 0. The molecule has 2 amide bonds. The lowest BCUT2D eigenvalue weighted by atomic mass is 9.81. The molecule has 144 valence electrons. The quantitative estimate of drug-likeness (QED) is 0.661. The van der Waals surface area contributed by atoms with Gasteiger partial charge >= 0.3 is 6.09 Å². The van der Waals surface area contributed by atoms with Crippen LogP contribution in [0.4, 0.5) is 10.5 Å². The first-order chi connectivity index (χ1) is 13.1. The first-order valence-electron chi connectivity index (χ1n) is 9.34. The molecule has 28 heavy (non-hydrogen) atoms. The Morgan fingerprint density at radius 1 is 1.11 bits per heavy atom. The summed E-state index contributed by atoms with van der Waals surface area (Å²) in [4.78, 5) is 27.1. The maximum absolute atomic E-state index is 13.3. The maximum atomic E-state index is 13.3. The van der Waals surface area contributed by atoms with Crippen LogP contribution in [0.15, 0.2) is 48.5 Å². The zero-order valence-corrected chi connectivity index (χ0v) is 17.0. The summed E-state index contributed by atoms with van der Waals surface area (Å²) in [7, 11) is 0. The Labute approximate surface area is 166 Å². The van der Waals surface area contributed by atoms with E-state index in [1.807, 2.05) is 56.3 Å². The molecule has 1 aliphatic rings. The van der Waals surface area contributed by atoms with Crippen LogP contribution in [-0.4, -0.2) is 17.6 Å². The molecule has 0 radical (unpaired) electrons. The molecule has 0 fully saturated rings. The molecule has 0 saturated carbocycles. The second-order valence-electron chi connectivity index (χ2n) is 8.31. The molecule has 0 aromatic heterocycles. The van der Waals surface area contributed by atoms with Gasteiger partial charge in [0.25, 0.3) is 0 Å². The molecule has 2 aromatic carbocycles.